The van der Waals surface area contributed by atoms with E-state index >= 15 is 0 Å². The van der Waals surface area contributed by atoms with Crippen molar-refractivity contribution in [3.63, 3.8) is 0 Å². The summed E-state index contributed by atoms with van der Waals surface area (Å²) < 4.78 is 5.32. The molecule has 0 amide bonds. The summed E-state index contributed by atoms with van der Waals surface area (Å²) in [4.78, 5) is 13.9. The fourth-order valence-electron chi connectivity index (χ4n) is 1.78. The van der Waals surface area contributed by atoms with E-state index < -0.39 is 0 Å². The topological polar surface area (TPSA) is 38.7 Å². The predicted octanol–water partition coefficient (Wildman–Crippen LogP) is 2.77. The van der Waals surface area contributed by atoms with Gasteiger partial charge in [0.05, 0.1) is 13.7 Å². The molecule has 0 spiro atoms. The Kier molecular flexibility index (Phi) is 4.74. The van der Waals surface area contributed by atoms with Crippen LogP contribution in [-0.2, 0) is 4.79 Å². The first kappa shape index (κ1) is 12.5. The van der Waals surface area contributed by atoms with Crippen LogP contribution in [0.5, 0.6) is 5.75 Å². The zero-order valence-corrected chi connectivity index (χ0v) is 9.93. The molecule has 86 valence electrons. The zero-order valence-electron chi connectivity index (χ0n) is 9.93. The molecule has 1 rings (SSSR count). The molecule has 16 heavy (non-hydrogen) atoms. The molecule has 0 saturated carbocycles. The minimum absolute atomic E-state index is 0.192. The summed E-state index contributed by atoms with van der Waals surface area (Å²) in [7, 11) is 1.65. The van der Waals surface area contributed by atoms with Gasteiger partial charge in [-0.05, 0) is 17.5 Å². The van der Waals surface area contributed by atoms with Crippen LogP contribution >= 0.6 is 0 Å². The van der Waals surface area contributed by atoms with Gasteiger partial charge in [-0.15, -0.1) is 0 Å². The fourth-order valence-corrected chi connectivity index (χ4v) is 1.78. The van der Waals surface area contributed by atoms with E-state index in [4.69, 9.17) is 4.74 Å². The van der Waals surface area contributed by atoms with Crippen LogP contribution in [0.4, 0.5) is 0 Å². The Morgan fingerprint density at radius 3 is 2.62 bits per heavy atom. The molecule has 0 saturated heterocycles. The number of isocyanates is 1. The van der Waals surface area contributed by atoms with Gasteiger partial charge >= 0.3 is 0 Å². The van der Waals surface area contributed by atoms with Crippen LogP contribution < -0.4 is 4.74 Å². The van der Waals surface area contributed by atoms with Gasteiger partial charge in [0.2, 0.25) is 6.08 Å². The Morgan fingerprint density at radius 2 is 2.06 bits per heavy atom. The summed E-state index contributed by atoms with van der Waals surface area (Å²) >= 11 is 0. The summed E-state index contributed by atoms with van der Waals surface area (Å²) in [5, 5.41) is 0. The third-order valence-electron chi connectivity index (χ3n) is 2.70. The number of benzene rings is 1. The SMILES string of the molecule is COc1ccccc1C(CN=C=O)C(C)C. The summed E-state index contributed by atoms with van der Waals surface area (Å²) in [5.74, 6) is 1.44. The van der Waals surface area contributed by atoms with Gasteiger partial charge in [-0.2, -0.15) is 0 Å². The van der Waals surface area contributed by atoms with Crippen LogP contribution in [-0.4, -0.2) is 19.7 Å². The molecule has 0 N–H and O–H groups in total. The van der Waals surface area contributed by atoms with Crippen LogP contribution in [0.3, 0.4) is 0 Å². The van der Waals surface area contributed by atoms with Crippen molar-refractivity contribution in [3.05, 3.63) is 29.8 Å². The predicted molar refractivity (Wildman–Crippen MR) is 63.6 cm³/mol. The van der Waals surface area contributed by atoms with Crippen molar-refractivity contribution < 1.29 is 9.53 Å². The quantitative estimate of drug-likeness (QED) is 0.564. The molecule has 0 radical (unpaired) electrons. The molecule has 0 heterocycles. The zero-order chi connectivity index (χ0) is 12.0. The molecular formula is C13H17NO2. The number of para-hydroxylation sites is 1. The van der Waals surface area contributed by atoms with Gasteiger partial charge in [0, 0.05) is 5.92 Å². The minimum atomic E-state index is 0.192. The second-order valence-electron chi connectivity index (χ2n) is 4.02. The number of aliphatic imine (C=N–C) groups is 1. The van der Waals surface area contributed by atoms with Crippen LogP contribution in [0, 0.1) is 5.92 Å². The van der Waals surface area contributed by atoms with Crippen LogP contribution in [0.25, 0.3) is 0 Å². The first-order valence-corrected chi connectivity index (χ1v) is 5.37. The lowest BCUT2D eigenvalue weighted by molar-refractivity contribution is 0.395. The first-order chi connectivity index (χ1) is 7.70. The Morgan fingerprint density at radius 1 is 1.38 bits per heavy atom. The molecule has 1 aromatic rings. The lowest BCUT2D eigenvalue weighted by Gasteiger charge is -2.20. The number of carbonyl (C=O) groups excluding carboxylic acids is 1. The van der Waals surface area contributed by atoms with Crippen LogP contribution in [0.15, 0.2) is 29.3 Å². The summed E-state index contributed by atoms with van der Waals surface area (Å²) in [6, 6.07) is 7.85. The van der Waals surface area contributed by atoms with Gasteiger partial charge < -0.3 is 4.74 Å². The number of hydrogen-bond donors (Lipinski definition) is 0. The number of ether oxygens (including phenoxy) is 1. The Labute approximate surface area is 96.2 Å². The van der Waals surface area contributed by atoms with E-state index in [0.717, 1.165) is 11.3 Å². The average molecular weight is 219 g/mol. The molecule has 3 heteroatoms. The fraction of sp³-hybridized carbons (Fsp3) is 0.462. The van der Waals surface area contributed by atoms with Crippen molar-refractivity contribution in [1.29, 1.82) is 0 Å². The van der Waals surface area contributed by atoms with E-state index in [2.05, 4.69) is 18.8 Å². The minimum Gasteiger partial charge on any atom is -0.496 e. The molecule has 0 aliphatic carbocycles. The van der Waals surface area contributed by atoms with Gasteiger partial charge in [0.1, 0.15) is 5.75 Å². The van der Waals surface area contributed by atoms with Crippen molar-refractivity contribution in [3.8, 4) is 5.75 Å². The highest BCUT2D eigenvalue weighted by Gasteiger charge is 2.18. The molecule has 3 nitrogen and oxygen atoms in total. The molecule has 1 atom stereocenters. The summed E-state index contributed by atoms with van der Waals surface area (Å²) in [5.41, 5.74) is 1.10. The van der Waals surface area contributed by atoms with Gasteiger partial charge in [0.25, 0.3) is 0 Å². The molecular weight excluding hydrogens is 202 g/mol. The average Bonchev–Trinajstić information content (AvgIpc) is 2.29. The first-order valence-electron chi connectivity index (χ1n) is 5.37. The largest absolute Gasteiger partial charge is 0.496 e. The highest BCUT2D eigenvalue weighted by Crippen LogP contribution is 2.31. The van der Waals surface area contributed by atoms with E-state index in [9.17, 15) is 4.79 Å². The van der Waals surface area contributed by atoms with Gasteiger partial charge in [-0.1, -0.05) is 32.0 Å². The monoisotopic (exact) mass is 219 g/mol. The maximum absolute atomic E-state index is 10.2. The number of hydrogen-bond acceptors (Lipinski definition) is 3. The van der Waals surface area contributed by atoms with Gasteiger partial charge in [-0.3, -0.25) is 0 Å². The van der Waals surface area contributed by atoms with Crippen molar-refractivity contribution in [2.75, 3.05) is 13.7 Å². The lowest BCUT2D eigenvalue weighted by Crippen LogP contribution is -2.11. The van der Waals surface area contributed by atoms with E-state index in [1.54, 1.807) is 13.2 Å². The van der Waals surface area contributed by atoms with Crippen molar-refractivity contribution in [2.24, 2.45) is 10.9 Å². The van der Waals surface area contributed by atoms with Crippen molar-refractivity contribution in [2.45, 2.75) is 19.8 Å². The standard InChI is InChI=1S/C13H17NO2/c1-10(2)12(8-14-9-15)11-6-4-5-7-13(11)16-3/h4-7,10,12H,8H2,1-3H3. The highest BCUT2D eigenvalue weighted by atomic mass is 16.5. The maximum Gasteiger partial charge on any atom is 0.234 e. The van der Waals surface area contributed by atoms with Gasteiger partial charge in [-0.25, -0.2) is 9.79 Å². The summed E-state index contributed by atoms with van der Waals surface area (Å²) in [6.07, 6.45) is 1.59. The molecule has 0 fully saturated rings. The van der Waals surface area contributed by atoms with Gasteiger partial charge in [0.15, 0.2) is 0 Å². The van der Waals surface area contributed by atoms with E-state index in [1.807, 2.05) is 24.3 Å². The third kappa shape index (κ3) is 2.94. The van der Waals surface area contributed by atoms with Crippen molar-refractivity contribution in [1.82, 2.24) is 0 Å². The third-order valence-corrected chi connectivity index (χ3v) is 2.70. The van der Waals surface area contributed by atoms with E-state index in [-0.39, 0.29) is 5.92 Å². The number of methoxy groups -OCH3 is 1. The number of rotatable bonds is 5. The lowest BCUT2D eigenvalue weighted by atomic mass is 9.88. The molecule has 0 aliphatic heterocycles. The second-order valence-corrected chi connectivity index (χ2v) is 4.02. The smallest absolute Gasteiger partial charge is 0.234 e. The maximum atomic E-state index is 10.2. The Hall–Kier alpha value is -1.60. The molecule has 1 aromatic carbocycles. The van der Waals surface area contributed by atoms with Crippen molar-refractivity contribution >= 4 is 6.08 Å². The van der Waals surface area contributed by atoms with E-state index in [1.165, 1.54) is 0 Å². The van der Waals surface area contributed by atoms with Crippen LogP contribution in [0.2, 0.25) is 0 Å². The Bertz CT molecular complexity index is 381. The Balaban J connectivity index is 3.04. The van der Waals surface area contributed by atoms with Crippen LogP contribution in [0.1, 0.15) is 25.3 Å². The molecule has 0 aliphatic rings. The molecule has 1 unspecified atom stereocenters. The normalized spacial score (nSPS) is 12.0. The second kappa shape index (κ2) is 6.09. The summed E-state index contributed by atoms with van der Waals surface area (Å²) in [6.45, 7) is 4.68. The highest BCUT2D eigenvalue weighted by molar-refractivity contribution is 5.38. The molecule has 0 bridgehead atoms. The number of nitrogens with zero attached hydrogens (tertiary/aromatic N) is 1. The van der Waals surface area contributed by atoms with E-state index in [0.29, 0.717) is 12.5 Å². The molecule has 0 aromatic heterocycles.